The summed E-state index contributed by atoms with van der Waals surface area (Å²) in [6, 6.07) is 8.29. The van der Waals surface area contributed by atoms with Crippen molar-refractivity contribution >= 4 is 11.6 Å². The topological polar surface area (TPSA) is 35.6 Å². The van der Waals surface area contributed by atoms with Crippen molar-refractivity contribution in [2.75, 3.05) is 38.5 Å². The maximum absolute atomic E-state index is 12.1. The van der Waals surface area contributed by atoms with E-state index < -0.39 is 0 Å². The minimum Gasteiger partial charge on any atom is -0.326 e. The number of nitrogens with one attached hydrogen (secondary N) is 1. The van der Waals surface area contributed by atoms with Gasteiger partial charge in [0.25, 0.3) is 0 Å². The summed E-state index contributed by atoms with van der Waals surface area (Å²) in [5.41, 5.74) is 2.21. The molecule has 0 saturated carbocycles. The van der Waals surface area contributed by atoms with Gasteiger partial charge >= 0.3 is 0 Å². The Balaban J connectivity index is 1.86. The number of piperazine rings is 1. The van der Waals surface area contributed by atoms with Gasteiger partial charge in [-0.3, -0.25) is 9.69 Å². The van der Waals surface area contributed by atoms with E-state index in [-0.39, 0.29) is 11.8 Å². The summed E-state index contributed by atoms with van der Waals surface area (Å²) in [5, 5.41) is 3.02. The molecule has 1 aliphatic rings. The predicted octanol–water partition coefficient (Wildman–Crippen LogP) is 2.81. The first kappa shape index (κ1) is 17.0. The van der Waals surface area contributed by atoms with Crippen molar-refractivity contribution in [2.24, 2.45) is 5.92 Å². The molecular weight excluding hydrogens is 274 g/mol. The van der Waals surface area contributed by atoms with Crippen molar-refractivity contribution in [1.29, 1.82) is 0 Å². The zero-order chi connectivity index (χ0) is 15.9. The fraction of sp³-hybridized carbons (Fsp3) is 0.611. The van der Waals surface area contributed by atoms with Crippen LogP contribution in [0.4, 0.5) is 5.69 Å². The maximum atomic E-state index is 12.1. The average Bonchev–Trinajstić information content (AvgIpc) is 2.53. The van der Waals surface area contributed by atoms with E-state index in [4.69, 9.17) is 0 Å². The van der Waals surface area contributed by atoms with Crippen LogP contribution in [0.3, 0.4) is 0 Å². The second kappa shape index (κ2) is 8.30. The van der Waals surface area contributed by atoms with E-state index in [1.807, 2.05) is 12.1 Å². The van der Waals surface area contributed by atoms with Crippen LogP contribution in [0.5, 0.6) is 0 Å². The van der Waals surface area contributed by atoms with Gasteiger partial charge in [-0.1, -0.05) is 26.0 Å². The number of carbonyl (C=O) groups excluding carboxylic acids is 1. The van der Waals surface area contributed by atoms with Gasteiger partial charge < -0.3 is 10.2 Å². The lowest BCUT2D eigenvalue weighted by Gasteiger charge is -2.32. The zero-order valence-electron chi connectivity index (χ0n) is 14.1. The number of hydrogen-bond donors (Lipinski definition) is 1. The van der Waals surface area contributed by atoms with Crippen molar-refractivity contribution in [3.63, 3.8) is 0 Å². The summed E-state index contributed by atoms with van der Waals surface area (Å²) in [7, 11) is 2.18. The molecule has 4 heteroatoms. The van der Waals surface area contributed by atoms with E-state index in [1.165, 1.54) is 5.56 Å². The van der Waals surface area contributed by atoms with Crippen molar-refractivity contribution in [2.45, 2.75) is 33.2 Å². The third kappa shape index (κ3) is 4.82. The van der Waals surface area contributed by atoms with Crippen LogP contribution in [0.15, 0.2) is 24.3 Å². The number of benzene rings is 1. The van der Waals surface area contributed by atoms with Crippen LogP contribution >= 0.6 is 0 Å². The normalized spacial score (nSPS) is 16.9. The molecule has 0 aliphatic carbocycles. The summed E-state index contributed by atoms with van der Waals surface area (Å²) in [5.74, 6) is 0.252. The summed E-state index contributed by atoms with van der Waals surface area (Å²) in [4.78, 5) is 16.9. The van der Waals surface area contributed by atoms with Gasteiger partial charge in [0.2, 0.25) is 5.91 Å². The number of nitrogens with zero attached hydrogens (tertiary/aromatic N) is 2. The van der Waals surface area contributed by atoms with Gasteiger partial charge in [-0.15, -0.1) is 0 Å². The standard InChI is InChI=1S/C18H29N3O/c1-4-16(5-2)18(22)19-17-8-6-15(7-9-17)14-21-12-10-20(3)11-13-21/h6-9,16H,4-5,10-14H2,1-3H3,(H,19,22). The molecule has 122 valence electrons. The molecule has 0 aromatic heterocycles. The Morgan fingerprint density at radius 3 is 2.23 bits per heavy atom. The molecule has 1 fully saturated rings. The highest BCUT2D eigenvalue weighted by atomic mass is 16.1. The van der Waals surface area contributed by atoms with Gasteiger partial charge in [-0.05, 0) is 37.6 Å². The Labute approximate surface area is 134 Å². The molecule has 0 radical (unpaired) electrons. The minimum absolute atomic E-state index is 0.116. The van der Waals surface area contributed by atoms with Crippen LogP contribution in [0.1, 0.15) is 32.3 Å². The van der Waals surface area contributed by atoms with E-state index in [0.29, 0.717) is 0 Å². The van der Waals surface area contributed by atoms with Crippen molar-refractivity contribution in [1.82, 2.24) is 9.80 Å². The summed E-state index contributed by atoms with van der Waals surface area (Å²) in [6.07, 6.45) is 1.79. The zero-order valence-corrected chi connectivity index (χ0v) is 14.1. The SMILES string of the molecule is CCC(CC)C(=O)Nc1ccc(CN2CCN(C)CC2)cc1. The molecule has 1 saturated heterocycles. The smallest absolute Gasteiger partial charge is 0.227 e. The second-order valence-corrected chi connectivity index (χ2v) is 6.28. The highest BCUT2D eigenvalue weighted by Gasteiger charge is 2.15. The van der Waals surface area contributed by atoms with Crippen LogP contribution in [0.25, 0.3) is 0 Å². The average molecular weight is 303 g/mol. The predicted molar refractivity (Wildman–Crippen MR) is 91.9 cm³/mol. The highest BCUT2D eigenvalue weighted by molar-refractivity contribution is 5.92. The number of carbonyl (C=O) groups is 1. The van der Waals surface area contributed by atoms with Crippen LogP contribution in [0, 0.1) is 5.92 Å². The van der Waals surface area contributed by atoms with Crippen LogP contribution < -0.4 is 5.32 Å². The molecule has 1 heterocycles. The fourth-order valence-corrected chi connectivity index (χ4v) is 2.86. The van der Waals surface area contributed by atoms with Gasteiger partial charge in [0.1, 0.15) is 0 Å². The van der Waals surface area contributed by atoms with Crippen LogP contribution in [-0.4, -0.2) is 48.9 Å². The molecule has 22 heavy (non-hydrogen) atoms. The Hall–Kier alpha value is -1.39. The molecule has 1 aromatic rings. The van der Waals surface area contributed by atoms with E-state index in [2.05, 4.69) is 48.1 Å². The molecule has 0 bridgehead atoms. The first-order chi connectivity index (χ1) is 10.6. The Morgan fingerprint density at radius 1 is 1.09 bits per heavy atom. The van der Waals surface area contributed by atoms with Crippen molar-refractivity contribution < 1.29 is 4.79 Å². The third-order valence-corrected chi connectivity index (χ3v) is 4.58. The van der Waals surface area contributed by atoms with E-state index in [0.717, 1.165) is 51.3 Å². The van der Waals surface area contributed by atoms with Gasteiger partial charge in [0, 0.05) is 44.3 Å². The quantitative estimate of drug-likeness (QED) is 0.878. The van der Waals surface area contributed by atoms with Crippen molar-refractivity contribution in [3.05, 3.63) is 29.8 Å². The van der Waals surface area contributed by atoms with Crippen LogP contribution in [-0.2, 0) is 11.3 Å². The summed E-state index contributed by atoms with van der Waals surface area (Å²) >= 11 is 0. The highest BCUT2D eigenvalue weighted by Crippen LogP contribution is 2.15. The van der Waals surface area contributed by atoms with E-state index in [9.17, 15) is 4.79 Å². The Bertz CT molecular complexity index is 460. The van der Waals surface area contributed by atoms with Crippen molar-refractivity contribution in [3.8, 4) is 0 Å². The number of hydrogen-bond acceptors (Lipinski definition) is 3. The fourth-order valence-electron chi connectivity index (χ4n) is 2.86. The van der Waals surface area contributed by atoms with Gasteiger partial charge in [-0.25, -0.2) is 0 Å². The van der Waals surface area contributed by atoms with Gasteiger partial charge in [0.15, 0.2) is 0 Å². The van der Waals surface area contributed by atoms with Crippen LogP contribution in [0.2, 0.25) is 0 Å². The summed E-state index contributed by atoms with van der Waals surface area (Å²) in [6.45, 7) is 9.66. The first-order valence-electron chi connectivity index (χ1n) is 8.43. The van der Waals surface area contributed by atoms with E-state index >= 15 is 0 Å². The Morgan fingerprint density at radius 2 is 1.68 bits per heavy atom. The molecule has 0 atom stereocenters. The number of anilines is 1. The lowest BCUT2D eigenvalue weighted by atomic mass is 10.0. The number of amides is 1. The molecule has 1 aliphatic heterocycles. The minimum atomic E-state index is 0.116. The van der Waals surface area contributed by atoms with Gasteiger partial charge in [0.05, 0.1) is 0 Å². The maximum Gasteiger partial charge on any atom is 0.227 e. The molecule has 2 rings (SSSR count). The molecule has 1 amide bonds. The Kier molecular flexibility index (Phi) is 6.40. The molecule has 1 aromatic carbocycles. The molecule has 4 nitrogen and oxygen atoms in total. The second-order valence-electron chi connectivity index (χ2n) is 6.28. The lowest BCUT2D eigenvalue weighted by Crippen LogP contribution is -2.43. The monoisotopic (exact) mass is 303 g/mol. The molecule has 0 unspecified atom stereocenters. The largest absolute Gasteiger partial charge is 0.326 e. The molecule has 0 spiro atoms. The molecule has 1 N–H and O–H groups in total. The third-order valence-electron chi connectivity index (χ3n) is 4.58. The first-order valence-corrected chi connectivity index (χ1v) is 8.43. The van der Waals surface area contributed by atoms with E-state index in [1.54, 1.807) is 0 Å². The van der Waals surface area contributed by atoms with Gasteiger partial charge in [-0.2, -0.15) is 0 Å². The molecular formula is C18H29N3O. The summed E-state index contributed by atoms with van der Waals surface area (Å²) < 4.78 is 0. The number of likely N-dealkylation sites (N-methyl/N-ethyl adjacent to an activating group) is 1. The number of rotatable bonds is 6. The lowest BCUT2D eigenvalue weighted by molar-refractivity contribution is -0.120.